The minimum absolute atomic E-state index is 0.0550. The number of nitrogen functional groups attached to an aromatic ring is 1. The fourth-order valence-electron chi connectivity index (χ4n) is 2.11. The number of anilines is 2. The molecule has 2 heterocycles. The van der Waals surface area contributed by atoms with E-state index >= 15 is 0 Å². The summed E-state index contributed by atoms with van der Waals surface area (Å²) in [5.74, 6) is 0.0829. The largest absolute Gasteiger partial charge is 0.396 e. The maximum atomic E-state index is 11.2. The first-order chi connectivity index (χ1) is 10.1. The summed E-state index contributed by atoms with van der Waals surface area (Å²) in [6, 6.07) is 1.79. The van der Waals surface area contributed by atoms with E-state index in [9.17, 15) is 4.79 Å². The number of nitrogens with zero attached hydrogens (tertiary/aromatic N) is 2. The predicted molar refractivity (Wildman–Crippen MR) is 84.3 cm³/mol. The average Bonchev–Trinajstić information content (AvgIpc) is 2.80. The van der Waals surface area contributed by atoms with Crippen molar-refractivity contribution in [3.8, 4) is 0 Å². The molecule has 0 spiro atoms. The van der Waals surface area contributed by atoms with Gasteiger partial charge in [-0.2, -0.15) is 0 Å². The number of unbranched alkanes of at least 4 members (excludes halogenated alkanes) is 1. The lowest BCUT2D eigenvalue weighted by molar-refractivity contribution is -0.127. The lowest BCUT2D eigenvalue weighted by Gasteiger charge is -2.07. The van der Waals surface area contributed by atoms with Gasteiger partial charge in [-0.15, -0.1) is 0 Å². The van der Waals surface area contributed by atoms with Gasteiger partial charge in [0.2, 0.25) is 0 Å². The monoisotopic (exact) mass is 355 g/mol. The number of nitrogens with one attached hydrogen (secondary N) is 2. The Balaban J connectivity index is 2.42. The van der Waals surface area contributed by atoms with Gasteiger partial charge in [0.1, 0.15) is 5.82 Å². The number of rotatable bonds is 6. The zero-order chi connectivity index (χ0) is 15.4. The zero-order valence-corrected chi connectivity index (χ0v) is 13.3. The van der Waals surface area contributed by atoms with E-state index in [0.29, 0.717) is 17.2 Å². The Morgan fingerprint density at radius 1 is 1.57 bits per heavy atom. The molecule has 114 valence electrons. The van der Waals surface area contributed by atoms with E-state index in [1.165, 1.54) is 0 Å². The molecule has 7 nitrogen and oxygen atoms in total. The van der Waals surface area contributed by atoms with Gasteiger partial charge < -0.3 is 11.1 Å². The number of hydrogen-bond acceptors (Lipinski definition) is 5. The molecule has 0 bridgehead atoms. The fourth-order valence-corrected chi connectivity index (χ4v) is 2.56. The molecule has 0 unspecified atom stereocenters. The first-order valence-corrected chi connectivity index (χ1v) is 7.48. The van der Waals surface area contributed by atoms with Gasteiger partial charge in [-0.05, 0) is 34.8 Å². The van der Waals surface area contributed by atoms with E-state index in [4.69, 9.17) is 10.9 Å². The molecule has 2 aromatic rings. The molecular weight excluding hydrogens is 338 g/mol. The fraction of sp³-hybridized carbons (Fsp3) is 0.385. The zero-order valence-electron chi connectivity index (χ0n) is 11.7. The highest BCUT2D eigenvalue weighted by Gasteiger charge is 2.15. The Bertz CT molecular complexity index is 656. The smallest absolute Gasteiger partial charge is 0.262 e. The number of carbonyl (C=O) groups is 1. The molecule has 0 radical (unpaired) electrons. The van der Waals surface area contributed by atoms with E-state index in [1.807, 2.05) is 10.6 Å². The van der Waals surface area contributed by atoms with E-state index in [-0.39, 0.29) is 6.54 Å². The molecule has 2 aromatic heterocycles. The van der Waals surface area contributed by atoms with Crippen LogP contribution in [-0.2, 0) is 11.2 Å². The normalized spacial score (nSPS) is 10.8. The number of aromatic nitrogens is 2. The number of fused-ring (bicyclic) bond motifs is 1. The van der Waals surface area contributed by atoms with Crippen molar-refractivity contribution in [2.75, 3.05) is 17.6 Å². The van der Waals surface area contributed by atoms with Crippen LogP contribution in [0.15, 0.2) is 16.7 Å². The summed E-state index contributed by atoms with van der Waals surface area (Å²) in [6.07, 6.45) is 4.77. The molecule has 0 atom stereocenters. The molecule has 0 aliphatic rings. The van der Waals surface area contributed by atoms with Crippen molar-refractivity contribution in [3.05, 3.63) is 22.4 Å². The van der Waals surface area contributed by atoms with Crippen molar-refractivity contribution in [2.45, 2.75) is 26.2 Å². The van der Waals surface area contributed by atoms with Gasteiger partial charge in [-0.3, -0.25) is 14.4 Å². The van der Waals surface area contributed by atoms with Gasteiger partial charge in [-0.25, -0.2) is 10.5 Å². The highest BCUT2D eigenvalue weighted by molar-refractivity contribution is 9.10. The van der Waals surface area contributed by atoms with Gasteiger partial charge in [-0.1, -0.05) is 13.3 Å². The molecule has 21 heavy (non-hydrogen) atoms. The van der Waals surface area contributed by atoms with Gasteiger partial charge in [0.25, 0.3) is 5.91 Å². The minimum Gasteiger partial charge on any atom is -0.396 e. The molecule has 0 aliphatic carbocycles. The molecule has 0 fully saturated rings. The topological polar surface area (TPSA) is 105 Å². The van der Waals surface area contributed by atoms with Crippen molar-refractivity contribution in [1.29, 1.82) is 0 Å². The quantitative estimate of drug-likeness (QED) is 0.468. The van der Waals surface area contributed by atoms with Crippen LogP contribution in [0.3, 0.4) is 0 Å². The van der Waals surface area contributed by atoms with Crippen molar-refractivity contribution < 1.29 is 10.0 Å². The molecular formula is C13H18BrN5O2. The van der Waals surface area contributed by atoms with Crippen LogP contribution in [0.5, 0.6) is 0 Å². The van der Waals surface area contributed by atoms with Crippen LogP contribution in [0, 0.1) is 0 Å². The Morgan fingerprint density at radius 3 is 3.00 bits per heavy atom. The van der Waals surface area contributed by atoms with Gasteiger partial charge in [0.15, 0.2) is 5.65 Å². The summed E-state index contributed by atoms with van der Waals surface area (Å²) < 4.78 is 2.79. The Kier molecular flexibility index (Phi) is 5.03. The van der Waals surface area contributed by atoms with E-state index in [0.717, 1.165) is 29.4 Å². The van der Waals surface area contributed by atoms with Gasteiger partial charge >= 0.3 is 0 Å². The molecule has 5 N–H and O–H groups in total. The summed E-state index contributed by atoms with van der Waals surface area (Å²) in [5.41, 5.74) is 9.74. The third kappa shape index (κ3) is 3.45. The van der Waals surface area contributed by atoms with Crippen LogP contribution in [0.1, 0.15) is 25.5 Å². The van der Waals surface area contributed by atoms with E-state index in [1.54, 1.807) is 11.5 Å². The number of carbonyl (C=O) groups excluding carboxylic acids is 1. The van der Waals surface area contributed by atoms with Crippen LogP contribution < -0.4 is 16.5 Å². The maximum absolute atomic E-state index is 11.2. The lowest BCUT2D eigenvalue weighted by atomic mass is 10.2. The Labute approximate surface area is 130 Å². The molecule has 0 aliphatic heterocycles. The third-order valence-electron chi connectivity index (χ3n) is 3.12. The second-order valence-corrected chi connectivity index (χ2v) is 5.62. The van der Waals surface area contributed by atoms with Crippen LogP contribution in [0.4, 0.5) is 11.5 Å². The van der Waals surface area contributed by atoms with Crippen molar-refractivity contribution >= 4 is 39.0 Å². The Hall–Kier alpha value is -1.80. The minimum atomic E-state index is -0.525. The van der Waals surface area contributed by atoms with Crippen molar-refractivity contribution in [2.24, 2.45) is 0 Å². The summed E-state index contributed by atoms with van der Waals surface area (Å²) in [4.78, 5) is 15.6. The average molecular weight is 356 g/mol. The van der Waals surface area contributed by atoms with E-state index < -0.39 is 5.91 Å². The van der Waals surface area contributed by atoms with E-state index in [2.05, 4.69) is 33.2 Å². The summed E-state index contributed by atoms with van der Waals surface area (Å²) in [5, 5.41) is 11.5. The molecule has 0 aromatic carbocycles. The number of hydrogen-bond donors (Lipinski definition) is 4. The number of halogens is 1. The molecule has 0 saturated carbocycles. The summed E-state index contributed by atoms with van der Waals surface area (Å²) >= 11 is 3.42. The Morgan fingerprint density at radius 2 is 2.33 bits per heavy atom. The number of imidazole rings is 1. The first-order valence-electron chi connectivity index (χ1n) is 6.69. The summed E-state index contributed by atoms with van der Waals surface area (Å²) in [7, 11) is 0. The first kappa shape index (κ1) is 15.6. The lowest BCUT2D eigenvalue weighted by Crippen LogP contribution is -2.27. The second kappa shape index (κ2) is 6.77. The SMILES string of the molecule is CCCCc1c(NCC(=O)NO)nc2c(N)cc(Br)cn12. The predicted octanol–water partition coefficient (Wildman–Crippen LogP) is 1.94. The summed E-state index contributed by atoms with van der Waals surface area (Å²) in [6.45, 7) is 2.06. The van der Waals surface area contributed by atoms with Crippen LogP contribution in [0.25, 0.3) is 5.65 Å². The van der Waals surface area contributed by atoms with Gasteiger partial charge in [0.05, 0.1) is 17.9 Å². The standard InChI is InChI=1S/C13H18BrN5O2/c1-2-3-4-10-12(16-6-11(20)18-21)17-13-9(15)5-8(14)7-19(10)13/h5,7,16,21H,2-4,6,15H2,1H3,(H,18,20). The molecule has 8 heteroatoms. The third-order valence-corrected chi connectivity index (χ3v) is 3.56. The molecule has 0 saturated heterocycles. The number of pyridine rings is 1. The van der Waals surface area contributed by atoms with Crippen molar-refractivity contribution in [3.63, 3.8) is 0 Å². The maximum Gasteiger partial charge on any atom is 0.262 e. The second-order valence-electron chi connectivity index (χ2n) is 4.71. The molecule has 2 rings (SSSR count). The van der Waals surface area contributed by atoms with Gasteiger partial charge in [0, 0.05) is 10.7 Å². The highest BCUT2D eigenvalue weighted by atomic mass is 79.9. The number of amides is 1. The van der Waals surface area contributed by atoms with Crippen LogP contribution >= 0.6 is 15.9 Å². The number of hydroxylamine groups is 1. The van der Waals surface area contributed by atoms with Crippen LogP contribution in [0.2, 0.25) is 0 Å². The highest BCUT2D eigenvalue weighted by Crippen LogP contribution is 2.26. The van der Waals surface area contributed by atoms with Crippen LogP contribution in [-0.4, -0.2) is 27.0 Å². The number of nitrogens with two attached hydrogens (primary N) is 1. The number of aryl methyl sites for hydroxylation is 1. The van der Waals surface area contributed by atoms with Crippen molar-refractivity contribution in [1.82, 2.24) is 14.9 Å². The molecule has 1 amide bonds.